The molecule has 0 aliphatic carbocycles. The number of aliphatic hydroxyl groups excluding tert-OH is 1. The molecule has 1 N–H and O–H groups in total. The fraction of sp³-hybridized carbons (Fsp3) is 0.368. The Morgan fingerprint density at radius 3 is 1.71 bits per heavy atom. The smallest absolute Gasteiger partial charge is 0.0835 e. The minimum atomic E-state index is -0.454. The normalized spacial score (nSPS) is 12.5. The van der Waals surface area contributed by atoms with Gasteiger partial charge in [-0.15, -0.1) is 0 Å². The van der Waals surface area contributed by atoms with Gasteiger partial charge in [0.2, 0.25) is 0 Å². The van der Waals surface area contributed by atoms with Gasteiger partial charge in [-0.3, -0.25) is 0 Å². The van der Waals surface area contributed by atoms with Crippen molar-refractivity contribution < 1.29 is 5.11 Å². The Morgan fingerprint density at radius 1 is 0.810 bits per heavy atom. The van der Waals surface area contributed by atoms with E-state index in [1.165, 1.54) is 27.8 Å². The second-order valence-corrected chi connectivity index (χ2v) is 6.80. The molecule has 2 rings (SSSR count). The first kappa shape index (κ1) is 16.3. The molecular formula is C19H23BrO. The maximum Gasteiger partial charge on any atom is 0.0835 e. The van der Waals surface area contributed by atoms with Crippen LogP contribution in [0.3, 0.4) is 0 Å². The van der Waals surface area contributed by atoms with Gasteiger partial charge in [-0.1, -0.05) is 28.1 Å². The maximum atomic E-state index is 10.7. The fourth-order valence-electron chi connectivity index (χ4n) is 2.97. The van der Waals surface area contributed by atoms with Gasteiger partial charge in [-0.05, 0) is 85.7 Å². The lowest BCUT2D eigenvalue weighted by Gasteiger charge is -2.22. The van der Waals surface area contributed by atoms with Crippen LogP contribution in [0.2, 0.25) is 0 Å². The quantitative estimate of drug-likeness (QED) is 0.802. The summed E-state index contributed by atoms with van der Waals surface area (Å²) in [6.07, 6.45) is 0.195. The van der Waals surface area contributed by atoms with E-state index < -0.39 is 6.10 Å². The van der Waals surface area contributed by atoms with E-state index in [0.717, 1.165) is 15.6 Å². The van der Waals surface area contributed by atoms with Crippen LogP contribution in [0.5, 0.6) is 0 Å². The molecule has 0 bridgehead atoms. The third-order valence-corrected chi connectivity index (χ3v) is 5.26. The van der Waals surface area contributed by atoms with Crippen LogP contribution in [-0.2, 0) is 6.42 Å². The van der Waals surface area contributed by atoms with Crippen molar-refractivity contribution in [2.24, 2.45) is 0 Å². The molecule has 0 aromatic heterocycles. The molecule has 1 unspecified atom stereocenters. The molecule has 0 heterocycles. The number of hydrogen-bond donors (Lipinski definition) is 1. The van der Waals surface area contributed by atoms with Crippen molar-refractivity contribution in [1.29, 1.82) is 0 Å². The van der Waals surface area contributed by atoms with Gasteiger partial charge < -0.3 is 5.11 Å². The number of rotatable bonds is 3. The zero-order chi connectivity index (χ0) is 15.7. The summed E-state index contributed by atoms with van der Waals surface area (Å²) in [4.78, 5) is 0. The van der Waals surface area contributed by atoms with Crippen LogP contribution in [0.15, 0.2) is 28.7 Å². The molecule has 2 aromatic rings. The van der Waals surface area contributed by atoms with Crippen LogP contribution in [0.4, 0.5) is 0 Å². The van der Waals surface area contributed by atoms with Crippen molar-refractivity contribution in [3.63, 3.8) is 0 Å². The number of hydrogen-bond acceptors (Lipinski definition) is 1. The summed E-state index contributed by atoms with van der Waals surface area (Å²) < 4.78 is 1.06. The van der Waals surface area contributed by atoms with Gasteiger partial charge in [0.25, 0.3) is 0 Å². The van der Waals surface area contributed by atoms with Gasteiger partial charge in [0.1, 0.15) is 0 Å². The second kappa shape index (κ2) is 6.33. The molecule has 0 amide bonds. The number of halogens is 1. The van der Waals surface area contributed by atoms with Gasteiger partial charge >= 0.3 is 0 Å². The van der Waals surface area contributed by atoms with Crippen molar-refractivity contribution in [3.8, 4) is 0 Å². The average molecular weight is 347 g/mol. The zero-order valence-electron chi connectivity index (χ0n) is 13.4. The first-order chi connectivity index (χ1) is 9.82. The lowest BCUT2D eigenvalue weighted by atomic mass is 9.85. The summed E-state index contributed by atoms with van der Waals surface area (Å²) in [5.41, 5.74) is 8.62. The van der Waals surface area contributed by atoms with Gasteiger partial charge in [0.05, 0.1) is 6.10 Å². The first-order valence-corrected chi connectivity index (χ1v) is 8.11. The van der Waals surface area contributed by atoms with Crippen LogP contribution >= 0.6 is 15.9 Å². The van der Waals surface area contributed by atoms with E-state index in [2.05, 4.69) is 62.7 Å². The summed E-state index contributed by atoms with van der Waals surface area (Å²) >= 11 is 3.44. The highest BCUT2D eigenvalue weighted by Gasteiger charge is 2.18. The second-order valence-electron chi connectivity index (χ2n) is 5.89. The standard InChI is InChI=1S/C19H23BrO/c1-11-12(2)14(4)19(15(5)13(11)3)18(21)10-16-6-8-17(20)9-7-16/h6-9,18,21H,10H2,1-5H3. The Hall–Kier alpha value is -1.12. The SMILES string of the molecule is Cc1c(C)c(C)c(C(O)Cc2ccc(Br)cc2)c(C)c1C. The van der Waals surface area contributed by atoms with E-state index in [1.807, 2.05) is 12.1 Å². The van der Waals surface area contributed by atoms with E-state index >= 15 is 0 Å². The van der Waals surface area contributed by atoms with Crippen molar-refractivity contribution in [2.45, 2.75) is 47.1 Å². The topological polar surface area (TPSA) is 20.2 Å². The molecular weight excluding hydrogens is 324 g/mol. The van der Waals surface area contributed by atoms with Crippen molar-refractivity contribution >= 4 is 15.9 Å². The van der Waals surface area contributed by atoms with E-state index in [4.69, 9.17) is 0 Å². The van der Waals surface area contributed by atoms with Gasteiger partial charge in [0.15, 0.2) is 0 Å². The van der Waals surface area contributed by atoms with E-state index in [0.29, 0.717) is 6.42 Å². The van der Waals surface area contributed by atoms with Crippen LogP contribution in [-0.4, -0.2) is 5.11 Å². The zero-order valence-corrected chi connectivity index (χ0v) is 15.0. The van der Waals surface area contributed by atoms with Crippen molar-refractivity contribution in [2.75, 3.05) is 0 Å². The van der Waals surface area contributed by atoms with Crippen LogP contribution < -0.4 is 0 Å². The monoisotopic (exact) mass is 346 g/mol. The average Bonchev–Trinajstić information content (AvgIpc) is 2.46. The van der Waals surface area contributed by atoms with E-state index in [1.54, 1.807) is 0 Å². The third kappa shape index (κ3) is 3.22. The molecule has 0 fully saturated rings. The Labute approximate surface area is 136 Å². The van der Waals surface area contributed by atoms with Gasteiger partial charge in [0, 0.05) is 10.9 Å². The van der Waals surface area contributed by atoms with Gasteiger partial charge in [-0.2, -0.15) is 0 Å². The molecule has 0 spiro atoms. The van der Waals surface area contributed by atoms with Crippen molar-refractivity contribution in [1.82, 2.24) is 0 Å². The van der Waals surface area contributed by atoms with Crippen LogP contribution in [0.1, 0.15) is 45.0 Å². The highest BCUT2D eigenvalue weighted by atomic mass is 79.9. The summed E-state index contributed by atoms with van der Waals surface area (Å²) in [7, 11) is 0. The molecule has 112 valence electrons. The minimum absolute atomic E-state index is 0.454. The summed E-state index contributed by atoms with van der Waals surface area (Å²) in [6.45, 7) is 10.7. The molecule has 0 saturated heterocycles. The maximum absolute atomic E-state index is 10.7. The molecule has 2 heteroatoms. The molecule has 0 aliphatic rings. The van der Waals surface area contributed by atoms with Crippen molar-refractivity contribution in [3.05, 3.63) is 67.7 Å². The molecule has 1 atom stereocenters. The molecule has 21 heavy (non-hydrogen) atoms. The van der Waals surface area contributed by atoms with E-state index in [-0.39, 0.29) is 0 Å². The van der Waals surface area contributed by atoms with Gasteiger partial charge in [-0.25, -0.2) is 0 Å². The first-order valence-electron chi connectivity index (χ1n) is 7.32. The molecule has 2 aromatic carbocycles. The third-order valence-electron chi connectivity index (χ3n) is 4.73. The van der Waals surface area contributed by atoms with Crippen LogP contribution in [0, 0.1) is 34.6 Å². The fourth-order valence-corrected chi connectivity index (χ4v) is 3.24. The molecule has 0 aliphatic heterocycles. The van der Waals surface area contributed by atoms with Crippen LogP contribution in [0.25, 0.3) is 0 Å². The molecule has 1 nitrogen and oxygen atoms in total. The Morgan fingerprint density at radius 2 is 1.24 bits per heavy atom. The minimum Gasteiger partial charge on any atom is -0.388 e. The molecule has 0 radical (unpaired) electrons. The number of aliphatic hydroxyl groups is 1. The Balaban J connectivity index is 2.39. The van der Waals surface area contributed by atoms with E-state index in [9.17, 15) is 5.11 Å². The molecule has 0 saturated carbocycles. The lowest BCUT2D eigenvalue weighted by Crippen LogP contribution is -2.10. The summed E-state index contributed by atoms with van der Waals surface area (Å²) in [5, 5.41) is 10.7. The lowest BCUT2D eigenvalue weighted by molar-refractivity contribution is 0.177. The highest BCUT2D eigenvalue weighted by Crippen LogP contribution is 2.32. The summed E-state index contributed by atoms with van der Waals surface area (Å²) in [6, 6.07) is 8.17. The predicted molar refractivity (Wildman–Crippen MR) is 92.9 cm³/mol. The highest BCUT2D eigenvalue weighted by molar-refractivity contribution is 9.10. The number of benzene rings is 2. The summed E-state index contributed by atoms with van der Waals surface area (Å²) in [5.74, 6) is 0. The Kier molecular flexibility index (Phi) is 4.90. The predicted octanol–water partition coefficient (Wildman–Crippen LogP) is 5.27. The Bertz CT molecular complexity index is 627. The largest absolute Gasteiger partial charge is 0.388 e.